The van der Waals surface area contributed by atoms with E-state index < -0.39 is 11.8 Å². The Balaban J connectivity index is 2.01. The molecule has 0 amide bonds. The van der Waals surface area contributed by atoms with Crippen molar-refractivity contribution in [3.63, 3.8) is 0 Å². The van der Waals surface area contributed by atoms with Gasteiger partial charge in [-0.05, 0) is 49.4 Å². The highest BCUT2D eigenvalue weighted by Gasteiger charge is 2.21. The molecule has 0 aliphatic heterocycles. The quantitative estimate of drug-likeness (QED) is 0.568. The number of H-pyrrole nitrogens is 1. The van der Waals surface area contributed by atoms with E-state index in [-0.39, 0.29) is 18.0 Å². The number of carbonyl (C=O) groups is 1. The summed E-state index contributed by atoms with van der Waals surface area (Å²) in [5.74, 6) is 5.56. The zero-order chi connectivity index (χ0) is 19.2. The molecule has 3 rings (SSSR count). The standard InChI is InChI=1S/C20H16FN3O3/c1-3-27-20(25)19-18(22-24-23-19)17-11-8-15(21)12-14(17)7-4-13-5-9-16(26-2)10-6-13/h5-6,8-12H,3H2,1-2H3,(H,22,23,24). The first-order valence-electron chi connectivity index (χ1n) is 8.16. The maximum Gasteiger partial charge on any atom is 0.361 e. The maximum absolute atomic E-state index is 13.8. The average Bonchev–Trinajstić information content (AvgIpc) is 3.17. The fourth-order valence-corrected chi connectivity index (χ4v) is 2.40. The maximum atomic E-state index is 13.8. The van der Waals surface area contributed by atoms with Crippen molar-refractivity contribution in [3.8, 4) is 28.8 Å². The Hall–Kier alpha value is -3.66. The van der Waals surface area contributed by atoms with Crippen LogP contribution >= 0.6 is 0 Å². The molecule has 1 heterocycles. The molecule has 6 nitrogen and oxygen atoms in total. The highest BCUT2D eigenvalue weighted by molar-refractivity contribution is 5.94. The molecule has 0 aliphatic carbocycles. The molecule has 0 atom stereocenters. The Kier molecular flexibility index (Phi) is 5.47. The molecule has 7 heteroatoms. The lowest BCUT2D eigenvalue weighted by Crippen LogP contribution is -2.07. The van der Waals surface area contributed by atoms with Crippen LogP contribution in [0.5, 0.6) is 5.75 Å². The van der Waals surface area contributed by atoms with Gasteiger partial charge in [0.25, 0.3) is 0 Å². The Morgan fingerprint density at radius 2 is 1.93 bits per heavy atom. The van der Waals surface area contributed by atoms with Gasteiger partial charge in [0.2, 0.25) is 0 Å². The predicted octanol–water partition coefficient (Wildman–Crippen LogP) is 3.20. The van der Waals surface area contributed by atoms with Crippen LogP contribution in [0, 0.1) is 17.7 Å². The van der Waals surface area contributed by atoms with Crippen LogP contribution in [0.1, 0.15) is 28.5 Å². The number of nitrogens with zero attached hydrogens (tertiary/aromatic N) is 2. The number of aromatic amines is 1. The molecule has 0 fully saturated rings. The summed E-state index contributed by atoms with van der Waals surface area (Å²) >= 11 is 0. The van der Waals surface area contributed by atoms with E-state index >= 15 is 0 Å². The number of hydrogen-bond donors (Lipinski definition) is 1. The number of halogens is 1. The number of hydrogen-bond acceptors (Lipinski definition) is 5. The molecule has 0 unspecified atom stereocenters. The summed E-state index contributed by atoms with van der Waals surface area (Å²) in [4.78, 5) is 12.1. The molecule has 136 valence electrons. The SMILES string of the molecule is CCOC(=O)c1n[nH]nc1-c1ccc(F)cc1C#Cc1ccc(OC)cc1. The Bertz CT molecular complexity index is 1020. The summed E-state index contributed by atoms with van der Waals surface area (Å²) in [6.07, 6.45) is 0. The second-order valence-corrected chi connectivity index (χ2v) is 5.41. The molecule has 27 heavy (non-hydrogen) atoms. The minimum atomic E-state index is -0.611. The summed E-state index contributed by atoms with van der Waals surface area (Å²) in [6.45, 7) is 1.90. The van der Waals surface area contributed by atoms with Crippen molar-refractivity contribution in [1.82, 2.24) is 15.4 Å². The van der Waals surface area contributed by atoms with E-state index in [0.717, 1.165) is 5.56 Å². The van der Waals surface area contributed by atoms with Gasteiger partial charge in [0.15, 0.2) is 5.69 Å². The minimum Gasteiger partial charge on any atom is -0.497 e. The monoisotopic (exact) mass is 365 g/mol. The number of ether oxygens (including phenoxy) is 2. The molecule has 2 aromatic carbocycles. The smallest absolute Gasteiger partial charge is 0.361 e. The fourth-order valence-electron chi connectivity index (χ4n) is 2.40. The third kappa shape index (κ3) is 4.12. The van der Waals surface area contributed by atoms with E-state index in [1.54, 1.807) is 38.3 Å². The fraction of sp³-hybridized carbons (Fsp3) is 0.150. The zero-order valence-corrected chi connectivity index (χ0v) is 14.7. The van der Waals surface area contributed by atoms with Crippen LogP contribution in [0.25, 0.3) is 11.3 Å². The molecular weight excluding hydrogens is 349 g/mol. The summed E-state index contributed by atoms with van der Waals surface area (Å²) in [5, 5.41) is 10.3. The van der Waals surface area contributed by atoms with Gasteiger partial charge in [-0.25, -0.2) is 9.18 Å². The van der Waals surface area contributed by atoms with Crippen molar-refractivity contribution in [2.24, 2.45) is 0 Å². The summed E-state index contributed by atoms with van der Waals surface area (Å²) in [7, 11) is 1.58. The Morgan fingerprint density at radius 3 is 2.63 bits per heavy atom. The van der Waals surface area contributed by atoms with E-state index in [1.165, 1.54) is 18.2 Å². The number of aromatic nitrogens is 3. The number of nitrogens with one attached hydrogen (secondary N) is 1. The lowest BCUT2D eigenvalue weighted by Gasteiger charge is -2.04. The van der Waals surface area contributed by atoms with Crippen LogP contribution < -0.4 is 4.74 Å². The van der Waals surface area contributed by atoms with E-state index in [4.69, 9.17) is 9.47 Å². The number of carbonyl (C=O) groups excluding carboxylic acids is 1. The van der Waals surface area contributed by atoms with E-state index in [0.29, 0.717) is 16.9 Å². The molecule has 0 spiro atoms. The topological polar surface area (TPSA) is 77.1 Å². The molecule has 1 aromatic heterocycles. The van der Waals surface area contributed by atoms with E-state index in [1.807, 2.05) is 0 Å². The van der Waals surface area contributed by atoms with Gasteiger partial charge in [-0.2, -0.15) is 10.3 Å². The van der Waals surface area contributed by atoms with Crippen LogP contribution in [0.15, 0.2) is 42.5 Å². The summed E-state index contributed by atoms with van der Waals surface area (Å²) in [5.41, 5.74) is 1.87. The molecule has 0 saturated carbocycles. The predicted molar refractivity (Wildman–Crippen MR) is 96.7 cm³/mol. The van der Waals surface area contributed by atoms with Crippen molar-refractivity contribution in [2.45, 2.75) is 6.92 Å². The average molecular weight is 365 g/mol. The molecular formula is C20H16FN3O3. The van der Waals surface area contributed by atoms with Gasteiger partial charge in [0.1, 0.15) is 17.3 Å². The van der Waals surface area contributed by atoms with E-state index in [9.17, 15) is 9.18 Å². The zero-order valence-electron chi connectivity index (χ0n) is 14.7. The second kappa shape index (κ2) is 8.15. The largest absolute Gasteiger partial charge is 0.497 e. The first-order valence-corrected chi connectivity index (χ1v) is 8.16. The summed E-state index contributed by atoms with van der Waals surface area (Å²) < 4.78 is 23.9. The van der Waals surface area contributed by atoms with Crippen molar-refractivity contribution in [1.29, 1.82) is 0 Å². The molecule has 0 bridgehead atoms. The van der Waals surface area contributed by atoms with Crippen molar-refractivity contribution in [2.75, 3.05) is 13.7 Å². The lowest BCUT2D eigenvalue weighted by atomic mass is 10.0. The third-order valence-electron chi connectivity index (χ3n) is 3.68. The molecule has 1 N–H and O–H groups in total. The molecule has 0 radical (unpaired) electrons. The molecule has 0 aliphatic rings. The number of benzene rings is 2. The van der Waals surface area contributed by atoms with Crippen LogP contribution in [0.4, 0.5) is 4.39 Å². The molecule has 3 aromatic rings. The van der Waals surface area contributed by atoms with Crippen LogP contribution in [0.3, 0.4) is 0 Å². The number of methoxy groups -OCH3 is 1. The van der Waals surface area contributed by atoms with Gasteiger partial charge in [-0.1, -0.05) is 11.8 Å². The highest BCUT2D eigenvalue weighted by Crippen LogP contribution is 2.25. The Labute approximate surface area is 155 Å². The van der Waals surface area contributed by atoms with Gasteiger partial charge in [0, 0.05) is 16.7 Å². The van der Waals surface area contributed by atoms with Crippen molar-refractivity contribution < 1.29 is 18.7 Å². The first-order chi connectivity index (χ1) is 13.1. The van der Waals surface area contributed by atoms with Crippen LogP contribution in [-0.4, -0.2) is 35.1 Å². The lowest BCUT2D eigenvalue weighted by molar-refractivity contribution is 0.0520. The first kappa shape index (κ1) is 18.1. The van der Waals surface area contributed by atoms with Crippen molar-refractivity contribution in [3.05, 3.63) is 65.1 Å². The van der Waals surface area contributed by atoms with Gasteiger partial charge in [-0.15, -0.1) is 5.10 Å². The number of esters is 1. The van der Waals surface area contributed by atoms with E-state index in [2.05, 4.69) is 27.3 Å². The minimum absolute atomic E-state index is 0.0240. The van der Waals surface area contributed by atoms with Gasteiger partial charge in [0.05, 0.1) is 13.7 Å². The van der Waals surface area contributed by atoms with Crippen molar-refractivity contribution >= 4 is 5.97 Å². The van der Waals surface area contributed by atoms with Gasteiger partial charge < -0.3 is 9.47 Å². The van der Waals surface area contributed by atoms with Gasteiger partial charge >= 0.3 is 5.97 Å². The second-order valence-electron chi connectivity index (χ2n) is 5.41. The van der Waals surface area contributed by atoms with Crippen LogP contribution in [0.2, 0.25) is 0 Å². The number of rotatable bonds is 4. The third-order valence-corrected chi connectivity index (χ3v) is 3.68. The van der Waals surface area contributed by atoms with Crippen LogP contribution in [-0.2, 0) is 4.74 Å². The summed E-state index contributed by atoms with van der Waals surface area (Å²) in [6, 6.07) is 11.2. The normalized spacial score (nSPS) is 10.0. The van der Waals surface area contributed by atoms with Gasteiger partial charge in [-0.3, -0.25) is 0 Å². The molecule has 0 saturated heterocycles. The Morgan fingerprint density at radius 1 is 1.15 bits per heavy atom. The highest BCUT2D eigenvalue weighted by atomic mass is 19.1.